The Morgan fingerprint density at radius 3 is 1.25 bits per heavy atom. The van der Waals surface area contributed by atoms with Crippen molar-refractivity contribution in [1.82, 2.24) is 0 Å². The molecule has 0 N–H and O–H groups in total. The van der Waals surface area contributed by atoms with E-state index in [0.29, 0.717) is 0 Å². The van der Waals surface area contributed by atoms with Crippen LogP contribution in [0, 0.1) is 0 Å². The van der Waals surface area contributed by atoms with Crippen LogP contribution in [-0.2, 0) is 4.57 Å². The van der Waals surface area contributed by atoms with Gasteiger partial charge in [-0.25, -0.2) is 0 Å². The highest BCUT2D eigenvalue weighted by atomic mass is 31.1. The van der Waals surface area contributed by atoms with Crippen molar-refractivity contribution in [2.24, 2.45) is 0 Å². The zero-order chi connectivity index (χ0) is 13.6. The number of alkyl halides is 9. The van der Waals surface area contributed by atoms with Crippen molar-refractivity contribution in [3.05, 3.63) is 0 Å². The van der Waals surface area contributed by atoms with Gasteiger partial charge >= 0.3 is 31.7 Å². The molecule has 0 aromatic heterocycles. The van der Waals surface area contributed by atoms with Gasteiger partial charge in [0.15, 0.2) is 0 Å². The average molecular weight is 282 g/mol. The number of halogens is 9. The second kappa shape index (κ2) is 3.73. The second-order valence-corrected chi connectivity index (χ2v) is 3.52. The van der Waals surface area contributed by atoms with E-state index in [-0.39, 0.29) is 0 Å². The van der Waals surface area contributed by atoms with Crippen LogP contribution in [0.4, 0.5) is 39.5 Å². The van der Waals surface area contributed by atoms with Crippen LogP contribution >= 0.6 is 8.03 Å². The molecule has 0 aliphatic heterocycles. The average Bonchev–Trinajstić information content (AvgIpc) is 2.00. The molecule has 1 unspecified atom stereocenters. The summed E-state index contributed by atoms with van der Waals surface area (Å²) >= 11 is 0. The Labute approximate surface area is 81.9 Å². The lowest BCUT2D eigenvalue weighted by Crippen LogP contribution is -2.60. The molecule has 96 valence electrons. The van der Waals surface area contributed by atoms with Gasteiger partial charge in [-0.2, -0.15) is 39.5 Å². The Hall–Kier alpha value is -0.570. The molecule has 0 bridgehead atoms. The Balaban J connectivity index is 5.62. The van der Waals surface area contributed by atoms with Crippen LogP contribution in [0.15, 0.2) is 0 Å². The first kappa shape index (κ1) is 15.4. The third-order valence-corrected chi connectivity index (χ3v) is 2.10. The molecule has 0 saturated carbocycles. The van der Waals surface area contributed by atoms with E-state index >= 15 is 0 Å². The summed E-state index contributed by atoms with van der Waals surface area (Å²) in [4.78, 5) is 9.55. The van der Waals surface area contributed by atoms with Crippen LogP contribution in [0.25, 0.3) is 0 Å². The van der Waals surface area contributed by atoms with Crippen molar-refractivity contribution in [3.63, 3.8) is 0 Å². The predicted octanol–water partition coefficient (Wildman–Crippen LogP) is 2.51. The topological polar surface area (TPSA) is 40.1 Å². The minimum absolute atomic E-state index is 5.51. The number of hydrogen-bond acceptors (Lipinski definition) is 2. The van der Waals surface area contributed by atoms with Crippen molar-refractivity contribution in [2.75, 3.05) is 0 Å². The molecule has 0 radical (unpaired) electrons. The van der Waals surface area contributed by atoms with Crippen molar-refractivity contribution in [1.29, 1.82) is 0 Å². The lowest BCUT2D eigenvalue weighted by Gasteiger charge is -2.28. The zero-order valence-corrected chi connectivity index (χ0v) is 7.56. The molecule has 0 aromatic carbocycles. The van der Waals surface area contributed by atoms with E-state index in [2.05, 4.69) is 0 Å². The summed E-state index contributed by atoms with van der Waals surface area (Å²) in [5.41, 5.74) is -6.51. The molecule has 0 saturated heterocycles. The number of hydrogen-bond donors (Lipinski definition) is 0. The van der Waals surface area contributed by atoms with Crippen LogP contribution < -0.4 is 4.89 Å². The summed E-state index contributed by atoms with van der Waals surface area (Å²) in [6.07, 6.45) is -7.01. The van der Waals surface area contributed by atoms with Gasteiger partial charge in [-0.15, -0.1) is 0 Å². The zero-order valence-electron chi connectivity index (χ0n) is 6.67. The molecule has 0 aromatic rings. The maximum atomic E-state index is 12.1. The monoisotopic (exact) mass is 282 g/mol. The first-order valence-electron chi connectivity index (χ1n) is 3.04. The summed E-state index contributed by atoms with van der Waals surface area (Å²) in [6, 6.07) is 0. The normalized spacial score (nSPS) is 16.2. The van der Waals surface area contributed by atoms with Crippen molar-refractivity contribution >= 4 is 8.03 Å². The molecule has 12 heteroatoms. The first-order valence-corrected chi connectivity index (χ1v) is 4.22. The third kappa shape index (κ3) is 1.97. The lowest BCUT2D eigenvalue weighted by atomic mass is 10.1. The Bertz CT molecular complexity index is 294. The fourth-order valence-corrected chi connectivity index (χ4v) is 0.851. The maximum absolute atomic E-state index is 12.1. The number of rotatable bonds is 3. The van der Waals surface area contributed by atoms with Gasteiger partial charge in [0, 0.05) is 0 Å². The van der Waals surface area contributed by atoms with Gasteiger partial charge in [-0.1, -0.05) is 4.57 Å². The van der Waals surface area contributed by atoms with Gasteiger partial charge in [0.25, 0.3) is 0 Å². The van der Waals surface area contributed by atoms with E-state index in [1.54, 1.807) is 0 Å². The van der Waals surface area contributed by atoms with E-state index in [1.807, 2.05) is 0 Å². The van der Waals surface area contributed by atoms with E-state index < -0.39 is 31.7 Å². The highest BCUT2D eigenvalue weighted by Gasteiger charge is 2.87. The van der Waals surface area contributed by atoms with Crippen LogP contribution in [-0.4, -0.2) is 23.7 Å². The molecule has 0 spiro atoms. The van der Waals surface area contributed by atoms with Gasteiger partial charge in [0.05, 0.1) is 0 Å². The van der Waals surface area contributed by atoms with Crippen LogP contribution in [0.1, 0.15) is 0 Å². The van der Waals surface area contributed by atoms with E-state index in [0.717, 1.165) is 0 Å². The van der Waals surface area contributed by atoms with Gasteiger partial charge in [-0.05, 0) is 0 Å². The third-order valence-electron chi connectivity index (χ3n) is 1.36. The maximum Gasteiger partial charge on any atom is 0.510 e. The van der Waals surface area contributed by atoms with Gasteiger partial charge < -0.3 is 4.89 Å². The molecule has 0 rings (SSSR count). The van der Waals surface area contributed by atoms with E-state index in [9.17, 15) is 49.0 Å². The molecule has 2 nitrogen and oxygen atoms in total. The van der Waals surface area contributed by atoms with E-state index in [1.165, 1.54) is 0 Å². The summed E-state index contributed by atoms with van der Waals surface area (Å²) in [5, 5.41) is 0. The highest BCUT2D eigenvalue weighted by Crippen LogP contribution is 2.58. The Kier molecular flexibility index (Phi) is 3.59. The minimum Gasteiger partial charge on any atom is -0.590 e. The molecule has 0 aliphatic rings. The Morgan fingerprint density at radius 1 is 0.750 bits per heavy atom. The summed E-state index contributed by atoms with van der Waals surface area (Å²) in [5.74, 6) is -14.3. The smallest absolute Gasteiger partial charge is 0.510 e. The van der Waals surface area contributed by atoms with Crippen LogP contribution in [0.5, 0.6) is 0 Å². The van der Waals surface area contributed by atoms with Crippen LogP contribution in [0.3, 0.4) is 0 Å². The SMILES string of the molecule is O=[P+]([O-])C(F)(F)C(F)(F)C(F)(F)C(F)(F)F. The fraction of sp³-hybridized carbons (Fsp3) is 1.00. The first-order chi connectivity index (χ1) is 6.69. The van der Waals surface area contributed by atoms with Gasteiger partial charge in [0.1, 0.15) is 0 Å². The minimum atomic E-state index is -7.17. The molecule has 0 aliphatic carbocycles. The fourth-order valence-electron chi connectivity index (χ4n) is 0.482. The van der Waals surface area contributed by atoms with Crippen molar-refractivity contribution < 1.29 is 49.0 Å². The molecular formula is C4F9O2P. The largest absolute Gasteiger partial charge is 0.590 e. The molecule has 1 atom stereocenters. The standard InChI is InChI=1S/C4F9O2P/c5-1(6,3(9,10)11)2(7,8)4(12,13)16(14)15. The summed E-state index contributed by atoms with van der Waals surface area (Å²) in [6.45, 7) is 0. The molecule has 0 heterocycles. The van der Waals surface area contributed by atoms with Crippen molar-refractivity contribution in [3.8, 4) is 0 Å². The molecular weight excluding hydrogens is 282 g/mol. The lowest BCUT2D eigenvalue weighted by molar-refractivity contribution is -0.386. The molecule has 0 amide bonds. The van der Waals surface area contributed by atoms with Gasteiger partial charge in [-0.3, -0.25) is 0 Å². The quantitative estimate of drug-likeness (QED) is 0.589. The summed E-state index contributed by atoms with van der Waals surface area (Å²) in [7, 11) is -5.51. The molecule has 0 fully saturated rings. The predicted molar refractivity (Wildman–Crippen MR) is 28.5 cm³/mol. The van der Waals surface area contributed by atoms with Crippen LogP contribution in [0.2, 0.25) is 0 Å². The van der Waals surface area contributed by atoms with Gasteiger partial charge in [0.2, 0.25) is 0 Å². The van der Waals surface area contributed by atoms with E-state index in [4.69, 9.17) is 0 Å². The van der Waals surface area contributed by atoms with Crippen molar-refractivity contribution in [2.45, 2.75) is 23.7 Å². The summed E-state index contributed by atoms with van der Waals surface area (Å²) < 4.78 is 116. The molecule has 16 heavy (non-hydrogen) atoms. The highest BCUT2D eigenvalue weighted by molar-refractivity contribution is 7.38. The second-order valence-electron chi connectivity index (χ2n) is 2.44. The Morgan fingerprint density at radius 2 is 1.06 bits per heavy atom.